The third-order valence-corrected chi connectivity index (χ3v) is 7.29. The van der Waals surface area contributed by atoms with E-state index in [9.17, 15) is 14.4 Å². The first-order chi connectivity index (χ1) is 19.3. The Labute approximate surface area is 240 Å². The normalized spacial score (nSPS) is 17.8. The number of nitrogens with one attached hydrogen (secondary N) is 1. The fourth-order valence-electron chi connectivity index (χ4n) is 5.06. The molecule has 1 aliphatic rings. The molecular weight excluding hydrogens is 528 g/mol. The number of anilines is 2. The van der Waals surface area contributed by atoms with Gasteiger partial charge in [-0.25, -0.2) is 0 Å². The van der Waals surface area contributed by atoms with Gasteiger partial charge in [0.15, 0.2) is 5.78 Å². The number of esters is 1. The minimum absolute atomic E-state index is 0.0386. The number of rotatable bonds is 11. The average Bonchev–Trinajstić information content (AvgIpc) is 2.96. The Morgan fingerprint density at radius 3 is 2.38 bits per heavy atom. The van der Waals surface area contributed by atoms with E-state index in [4.69, 9.17) is 21.1 Å². The molecule has 40 heavy (non-hydrogen) atoms. The number of ether oxygens (including phenoxy) is 2. The molecule has 8 heteroatoms. The van der Waals surface area contributed by atoms with Gasteiger partial charge >= 0.3 is 5.97 Å². The van der Waals surface area contributed by atoms with E-state index in [0.717, 1.165) is 16.9 Å². The Bertz CT molecular complexity index is 1340. The molecule has 0 aliphatic carbocycles. The SMILES string of the molecule is CCOC(=O)CCCOc1ccc(C(=O)[C@]2(C)C[C@H](N(C(=O)CC)c3ccc(Cl)cc3)c3ccccc3N2)cc1. The first-order valence-electron chi connectivity index (χ1n) is 13.6. The summed E-state index contributed by atoms with van der Waals surface area (Å²) in [6.07, 6.45) is 1.54. The number of benzene rings is 3. The van der Waals surface area contributed by atoms with E-state index >= 15 is 0 Å². The minimum atomic E-state index is -0.972. The quantitative estimate of drug-likeness (QED) is 0.154. The molecule has 1 N–H and O–H groups in total. The Hall–Kier alpha value is -3.84. The van der Waals surface area contributed by atoms with Crippen molar-refractivity contribution in [1.29, 1.82) is 0 Å². The molecular formula is C32H35ClN2O5. The molecule has 3 aromatic rings. The zero-order chi connectivity index (χ0) is 28.7. The van der Waals surface area contributed by atoms with Gasteiger partial charge in [0.1, 0.15) is 11.3 Å². The number of Topliss-reactive ketones (excluding diaryl/α,β-unsaturated/α-hetero) is 1. The van der Waals surface area contributed by atoms with Crippen molar-refractivity contribution < 1.29 is 23.9 Å². The topological polar surface area (TPSA) is 84.9 Å². The number of amides is 1. The molecule has 4 rings (SSSR count). The molecule has 0 aromatic heterocycles. The van der Waals surface area contributed by atoms with E-state index in [2.05, 4.69) is 5.32 Å². The van der Waals surface area contributed by atoms with Gasteiger partial charge in [-0.2, -0.15) is 0 Å². The third-order valence-electron chi connectivity index (χ3n) is 7.04. The van der Waals surface area contributed by atoms with E-state index in [0.29, 0.717) is 55.2 Å². The summed E-state index contributed by atoms with van der Waals surface area (Å²) in [5.41, 5.74) is 2.07. The highest BCUT2D eigenvalue weighted by Crippen LogP contribution is 2.44. The molecule has 0 bridgehead atoms. The number of hydrogen-bond donors (Lipinski definition) is 1. The molecule has 3 aromatic carbocycles. The highest BCUT2D eigenvalue weighted by molar-refractivity contribution is 6.30. The molecule has 0 unspecified atom stereocenters. The van der Waals surface area contributed by atoms with Gasteiger partial charge < -0.3 is 19.7 Å². The molecule has 0 spiro atoms. The molecule has 1 aliphatic heterocycles. The lowest BCUT2D eigenvalue weighted by molar-refractivity contribution is -0.143. The second-order valence-electron chi connectivity index (χ2n) is 9.97. The number of ketones is 1. The van der Waals surface area contributed by atoms with Gasteiger partial charge in [-0.15, -0.1) is 0 Å². The van der Waals surface area contributed by atoms with E-state index < -0.39 is 5.54 Å². The summed E-state index contributed by atoms with van der Waals surface area (Å²) >= 11 is 6.14. The van der Waals surface area contributed by atoms with Crippen molar-refractivity contribution in [3.05, 3.63) is 88.9 Å². The van der Waals surface area contributed by atoms with Crippen LogP contribution in [-0.2, 0) is 14.3 Å². The predicted octanol–water partition coefficient (Wildman–Crippen LogP) is 7.00. The van der Waals surface area contributed by atoms with Gasteiger partial charge in [-0.3, -0.25) is 14.4 Å². The molecule has 0 saturated heterocycles. The summed E-state index contributed by atoms with van der Waals surface area (Å²) in [7, 11) is 0. The zero-order valence-electron chi connectivity index (χ0n) is 23.1. The van der Waals surface area contributed by atoms with Crippen LogP contribution in [0.5, 0.6) is 5.75 Å². The minimum Gasteiger partial charge on any atom is -0.494 e. The van der Waals surface area contributed by atoms with Crippen molar-refractivity contribution in [3.8, 4) is 5.75 Å². The average molecular weight is 563 g/mol. The van der Waals surface area contributed by atoms with Crippen LogP contribution in [0.25, 0.3) is 0 Å². The molecule has 0 saturated carbocycles. The largest absolute Gasteiger partial charge is 0.494 e. The Kier molecular flexibility index (Phi) is 9.48. The standard InChI is InChI=1S/C32H35ClN2O5/c1-4-29(36)35(24-16-14-23(33)15-17-24)28-21-32(3,34-27-10-7-6-9-26(27)28)31(38)22-12-18-25(19-13-22)40-20-8-11-30(37)39-5-2/h6-7,9-10,12-19,28,34H,4-5,8,11,20-21H2,1-3H3/t28-,32-/m0/s1. The second-order valence-corrected chi connectivity index (χ2v) is 10.4. The van der Waals surface area contributed by atoms with Crippen molar-refractivity contribution in [2.45, 2.75) is 58.0 Å². The monoisotopic (exact) mass is 562 g/mol. The lowest BCUT2D eigenvalue weighted by Gasteiger charge is -2.44. The molecule has 0 radical (unpaired) electrons. The van der Waals surface area contributed by atoms with Crippen LogP contribution in [0.15, 0.2) is 72.8 Å². The van der Waals surface area contributed by atoms with Gasteiger partial charge in [0.2, 0.25) is 5.91 Å². The highest BCUT2D eigenvalue weighted by Gasteiger charge is 2.44. The van der Waals surface area contributed by atoms with Gasteiger partial charge in [0.25, 0.3) is 0 Å². The van der Waals surface area contributed by atoms with Crippen molar-refractivity contribution >= 4 is 40.6 Å². The molecule has 1 heterocycles. The molecule has 7 nitrogen and oxygen atoms in total. The smallest absolute Gasteiger partial charge is 0.305 e. The third kappa shape index (κ3) is 6.65. The van der Waals surface area contributed by atoms with Gasteiger partial charge in [0, 0.05) is 41.2 Å². The number of nitrogens with zero attached hydrogens (tertiary/aromatic N) is 1. The van der Waals surface area contributed by atoms with Crippen molar-refractivity contribution in [3.63, 3.8) is 0 Å². The van der Waals surface area contributed by atoms with Crippen LogP contribution in [0, 0.1) is 0 Å². The van der Waals surface area contributed by atoms with Crippen LogP contribution in [0.2, 0.25) is 5.02 Å². The van der Waals surface area contributed by atoms with Crippen LogP contribution in [0.4, 0.5) is 11.4 Å². The van der Waals surface area contributed by atoms with Crippen LogP contribution in [0.1, 0.15) is 68.4 Å². The predicted molar refractivity (Wildman–Crippen MR) is 157 cm³/mol. The highest BCUT2D eigenvalue weighted by atomic mass is 35.5. The van der Waals surface area contributed by atoms with E-state index in [1.54, 1.807) is 48.2 Å². The number of para-hydroxylation sites is 1. The second kappa shape index (κ2) is 13.0. The van der Waals surface area contributed by atoms with Crippen LogP contribution >= 0.6 is 11.6 Å². The van der Waals surface area contributed by atoms with Crippen LogP contribution in [-0.4, -0.2) is 36.4 Å². The number of hydrogen-bond acceptors (Lipinski definition) is 6. The Morgan fingerprint density at radius 1 is 1.00 bits per heavy atom. The summed E-state index contributed by atoms with van der Waals surface area (Å²) in [6, 6.07) is 21.7. The maximum Gasteiger partial charge on any atom is 0.305 e. The number of halogens is 1. The van der Waals surface area contributed by atoms with Crippen molar-refractivity contribution in [2.75, 3.05) is 23.4 Å². The maximum absolute atomic E-state index is 14.0. The Morgan fingerprint density at radius 2 is 1.70 bits per heavy atom. The van der Waals surface area contributed by atoms with E-state index in [-0.39, 0.29) is 23.7 Å². The number of carbonyl (C=O) groups excluding carboxylic acids is 3. The number of fused-ring (bicyclic) bond motifs is 1. The van der Waals surface area contributed by atoms with Crippen molar-refractivity contribution in [1.82, 2.24) is 0 Å². The molecule has 0 fully saturated rings. The van der Waals surface area contributed by atoms with E-state index in [1.165, 1.54) is 0 Å². The van der Waals surface area contributed by atoms with Gasteiger partial charge in [0.05, 0.1) is 19.3 Å². The summed E-state index contributed by atoms with van der Waals surface area (Å²) in [5.74, 6) is 0.257. The lowest BCUT2D eigenvalue weighted by atomic mass is 9.78. The summed E-state index contributed by atoms with van der Waals surface area (Å²) in [4.78, 5) is 40.6. The van der Waals surface area contributed by atoms with E-state index in [1.807, 2.05) is 50.2 Å². The first-order valence-corrected chi connectivity index (χ1v) is 14.0. The fourth-order valence-corrected chi connectivity index (χ4v) is 5.18. The summed E-state index contributed by atoms with van der Waals surface area (Å²) in [5, 5.41) is 4.06. The Balaban J connectivity index is 1.56. The van der Waals surface area contributed by atoms with Gasteiger partial charge in [-0.1, -0.05) is 36.7 Å². The maximum atomic E-state index is 14.0. The molecule has 2 atom stereocenters. The molecule has 210 valence electrons. The van der Waals surface area contributed by atoms with Gasteiger partial charge in [-0.05, 0) is 80.4 Å². The lowest BCUT2D eigenvalue weighted by Crippen LogP contribution is -2.51. The first kappa shape index (κ1) is 29.2. The van der Waals surface area contributed by atoms with Crippen LogP contribution < -0.4 is 15.0 Å². The van der Waals surface area contributed by atoms with Crippen LogP contribution in [0.3, 0.4) is 0 Å². The number of carbonyl (C=O) groups is 3. The molecule has 1 amide bonds. The summed E-state index contributed by atoms with van der Waals surface area (Å²) in [6.45, 7) is 6.23. The van der Waals surface area contributed by atoms with Crippen molar-refractivity contribution in [2.24, 2.45) is 0 Å². The fraction of sp³-hybridized carbons (Fsp3) is 0.344. The summed E-state index contributed by atoms with van der Waals surface area (Å²) < 4.78 is 10.7. The zero-order valence-corrected chi connectivity index (χ0v) is 23.9.